The van der Waals surface area contributed by atoms with Crippen LogP contribution in [-0.4, -0.2) is 46.9 Å². The van der Waals surface area contributed by atoms with Gasteiger partial charge in [-0.25, -0.2) is 0 Å². The van der Waals surface area contributed by atoms with E-state index < -0.39 is 0 Å². The molecule has 1 heterocycles. The Kier molecular flexibility index (Phi) is 4.62. The van der Waals surface area contributed by atoms with Crippen molar-refractivity contribution >= 4 is 11.8 Å². The van der Waals surface area contributed by atoms with Gasteiger partial charge in [0.2, 0.25) is 11.8 Å². The highest BCUT2D eigenvalue weighted by molar-refractivity contribution is 5.89. The Balaban J connectivity index is 1.97. The first kappa shape index (κ1) is 15.1. The van der Waals surface area contributed by atoms with Crippen molar-refractivity contribution in [2.75, 3.05) is 20.1 Å². The smallest absolute Gasteiger partial charge is 0.228 e. The van der Waals surface area contributed by atoms with Crippen molar-refractivity contribution in [3.8, 4) is 5.75 Å². The van der Waals surface area contributed by atoms with Gasteiger partial charge in [-0.15, -0.1) is 6.58 Å². The molecule has 1 aliphatic rings. The van der Waals surface area contributed by atoms with Crippen molar-refractivity contribution in [3.63, 3.8) is 0 Å². The molecule has 1 aromatic carbocycles. The van der Waals surface area contributed by atoms with Crippen LogP contribution < -0.4 is 0 Å². The number of amides is 2. The molecule has 0 spiro atoms. The molecule has 1 fully saturated rings. The van der Waals surface area contributed by atoms with Crippen molar-refractivity contribution in [3.05, 3.63) is 42.5 Å². The molecule has 0 bridgehead atoms. The summed E-state index contributed by atoms with van der Waals surface area (Å²) in [6.07, 6.45) is 1.93. The van der Waals surface area contributed by atoms with E-state index in [0.29, 0.717) is 19.6 Å². The normalized spacial score (nSPS) is 17.9. The molecule has 21 heavy (non-hydrogen) atoms. The maximum Gasteiger partial charge on any atom is 0.228 e. The van der Waals surface area contributed by atoms with Gasteiger partial charge in [0.15, 0.2) is 0 Å². The first-order valence-corrected chi connectivity index (χ1v) is 6.93. The molecule has 0 aromatic heterocycles. The topological polar surface area (TPSA) is 60.9 Å². The molecule has 1 atom stereocenters. The lowest BCUT2D eigenvalue weighted by Crippen LogP contribution is -2.34. The van der Waals surface area contributed by atoms with Crippen molar-refractivity contribution in [1.82, 2.24) is 9.80 Å². The first-order chi connectivity index (χ1) is 10.0. The quantitative estimate of drug-likeness (QED) is 0.833. The summed E-state index contributed by atoms with van der Waals surface area (Å²) in [5.74, 6) is -0.154. The van der Waals surface area contributed by atoms with Crippen LogP contribution in [0.3, 0.4) is 0 Å². The number of aromatic hydroxyl groups is 1. The minimum absolute atomic E-state index is 0.000921. The number of phenolic OH excluding ortho intramolecular Hbond substituents is 1. The highest BCUT2D eigenvalue weighted by atomic mass is 16.3. The van der Waals surface area contributed by atoms with Crippen molar-refractivity contribution in [1.29, 1.82) is 0 Å². The van der Waals surface area contributed by atoms with E-state index in [9.17, 15) is 14.7 Å². The summed E-state index contributed by atoms with van der Waals surface area (Å²) < 4.78 is 0. The molecule has 1 aliphatic heterocycles. The van der Waals surface area contributed by atoms with Crippen LogP contribution >= 0.6 is 0 Å². The van der Waals surface area contributed by atoms with Gasteiger partial charge in [0.1, 0.15) is 5.75 Å². The van der Waals surface area contributed by atoms with Gasteiger partial charge in [0, 0.05) is 33.1 Å². The molecule has 5 nitrogen and oxygen atoms in total. The fraction of sp³-hybridized carbons (Fsp3) is 0.375. The van der Waals surface area contributed by atoms with E-state index in [1.165, 1.54) is 0 Å². The van der Waals surface area contributed by atoms with Crippen molar-refractivity contribution in [2.45, 2.75) is 13.0 Å². The predicted molar refractivity (Wildman–Crippen MR) is 79.5 cm³/mol. The highest BCUT2D eigenvalue weighted by Crippen LogP contribution is 2.21. The number of phenols is 1. The third kappa shape index (κ3) is 3.62. The largest absolute Gasteiger partial charge is 0.508 e. The lowest BCUT2D eigenvalue weighted by molar-refractivity contribution is -0.135. The summed E-state index contributed by atoms with van der Waals surface area (Å²) in [7, 11) is 1.72. The molecule has 0 radical (unpaired) electrons. The van der Waals surface area contributed by atoms with E-state index in [1.807, 2.05) is 6.07 Å². The van der Waals surface area contributed by atoms with Crippen molar-refractivity contribution in [2.24, 2.45) is 5.92 Å². The Morgan fingerprint density at radius 1 is 1.57 bits per heavy atom. The number of rotatable bonds is 5. The van der Waals surface area contributed by atoms with E-state index in [2.05, 4.69) is 6.58 Å². The number of carbonyl (C=O) groups excluding carboxylic acids is 2. The van der Waals surface area contributed by atoms with Crippen LogP contribution in [0.5, 0.6) is 5.75 Å². The summed E-state index contributed by atoms with van der Waals surface area (Å²) in [6.45, 7) is 4.97. The molecule has 2 rings (SSSR count). The Labute approximate surface area is 124 Å². The standard InChI is InChI=1S/C16H20N2O3/c1-3-7-18-11-13(9-15(18)20)16(21)17(2)10-12-5-4-6-14(19)8-12/h3-6,8,13,19H,1,7,9-11H2,2H3. The number of hydrogen-bond acceptors (Lipinski definition) is 3. The molecule has 0 saturated carbocycles. The Bertz CT molecular complexity index is 556. The maximum absolute atomic E-state index is 12.4. The van der Waals surface area contributed by atoms with Crippen LogP contribution in [-0.2, 0) is 16.1 Å². The third-order valence-corrected chi connectivity index (χ3v) is 3.62. The maximum atomic E-state index is 12.4. The molecule has 2 amide bonds. The molecule has 5 heteroatoms. The molecular formula is C16H20N2O3. The van der Waals surface area contributed by atoms with Gasteiger partial charge in [-0.2, -0.15) is 0 Å². The first-order valence-electron chi connectivity index (χ1n) is 6.93. The van der Waals surface area contributed by atoms with Crippen LogP contribution in [0, 0.1) is 5.92 Å². The third-order valence-electron chi connectivity index (χ3n) is 3.62. The predicted octanol–water partition coefficient (Wildman–Crippen LogP) is 1.39. The lowest BCUT2D eigenvalue weighted by Gasteiger charge is -2.21. The Morgan fingerprint density at radius 3 is 3.00 bits per heavy atom. The second-order valence-corrected chi connectivity index (χ2v) is 5.35. The Hall–Kier alpha value is -2.30. The van der Waals surface area contributed by atoms with Gasteiger partial charge in [-0.1, -0.05) is 18.2 Å². The van der Waals surface area contributed by atoms with E-state index in [4.69, 9.17) is 0 Å². The average Bonchev–Trinajstić information content (AvgIpc) is 2.80. The second-order valence-electron chi connectivity index (χ2n) is 5.35. The van der Waals surface area contributed by atoms with Crippen LogP contribution in [0.2, 0.25) is 0 Å². The van der Waals surface area contributed by atoms with E-state index in [-0.39, 0.29) is 29.9 Å². The summed E-state index contributed by atoms with van der Waals surface area (Å²) in [5.41, 5.74) is 0.859. The van der Waals surface area contributed by atoms with E-state index in [0.717, 1.165) is 5.56 Å². The van der Waals surface area contributed by atoms with Crippen LogP contribution in [0.25, 0.3) is 0 Å². The van der Waals surface area contributed by atoms with Gasteiger partial charge in [0.05, 0.1) is 5.92 Å². The van der Waals surface area contributed by atoms with E-state index in [1.54, 1.807) is 41.1 Å². The van der Waals surface area contributed by atoms with Crippen molar-refractivity contribution < 1.29 is 14.7 Å². The summed E-state index contributed by atoms with van der Waals surface area (Å²) >= 11 is 0. The van der Waals surface area contributed by atoms with Gasteiger partial charge < -0.3 is 14.9 Å². The fourth-order valence-electron chi connectivity index (χ4n) is 2.59. The number of benzene rings is 1. The monoisotopic (exact) mass is 288 g/mol. The van der Waals surface area contributed by atoms with Crippen LogP contribution in [0.1, 0.15) is 12.0 Å². The fourth-order valence-corrected chi connectivity index (χ4v) is 2.59. The zero-order valence-corrected chi connectivity index (χ0v) is 12.2. The lowest BCUT2D eigenvalue weighted by atomic mass is 10.1. The minimum atomic E-state index is -0.292. The summed E-state index contributed by atoms with van der Waals surface area (Å²) in [5, 5.41) is 9.44. The van der Waals surface area contributed by atoms with Crippen LogP contribution in [0.15, 0.2) is 36.9 Å². The highest BCUT2D eigenvalue weighted by Gasteiger charge is 2.35. The minimum Gasteiger partial charge on any atom is -0.508 e. The summed E-state index contributed by atoms with van der Waals surface area (Å²) in [4.78, 5) is 27.4. The molecule has 0 aliphatic carbocycles. The molecule has 1 aromatic rings. The van der Waals surface area contributed by atoms with Gasteiger partial charge in [-0.05, 0) is 17.7 Å². The number of nitrogens with zero attached hydrogens (tertiary/aromatic N) is 2. The number of likely N-dealkylation sites (tertiary alicyclic amines) is 1. The SMILES string of the molecule is C=CCN1CC(C(=O)N(C)Cc2cccc(O)c2)CC1=O. The molecule has 1 N–H and O–H groups in total. The molecular weight excluding hydrogens is 268 g/mol. The average molecular weight is 288 g/mol. The molecule has 1 saturated heterocycles. The van der Waals surface area contributed by atoms with E-state index >= 15 is 0 Å². The second kappa shape index (κ2) is 6.43. The van der Waals surface area contributed by atoms with Gasteiger partial charge in [-0.3, -0.25) is 9.59 Å². The zero-order chi connectivity index (χ0) is 15.4. The van der Waals surface area contributed by atoms with Gasteiger partial charge in [0.25, 0.3) is 0 Å². The molecule has 1 unspecified atom stereocenters. The van der Waals surface area contributed by atoms with Gasteiger partial charge >= 0.3 is 0 Å². The zero-order valence-electron chi connectivity index (χ0n) is 12.2. The summed E-state index contributed by atoms with van der Waals surface area (Å²) in [6, 6.07) is 6.82. The number of hydrogen-bond donors (Lipinski definition) is 1. The Morgan fingerprint density at radius 2 is 2.33 bits per heavy atom. The van der Waals surface area contributed by atoms with Crippen LogP contribution in [0.4, 0.5) is 0 Å². The number of carbonyl (C=O) groups is 2. The molecule has 112 valence electrons.